The molecule has 1 aliphatic heterocycles. The van der Waals surface area contributed by atoms with Crippen LogP contribution in [0.1, 0.15) is 25.3 Å². The summed E-state index contributed by atoms with van der Waals surface area (Å²) in [5.41, 5.74) is 5.52. The summed E-state index contributed by atoms with van der Waals surface area (Å²) in [4.78, 5) is 40.6. The Labute approximate surface area is 160 Å². The first-order chi connectivity index (χ1) is 12.8. The molecule has 0 spiro atoms. The van der Waals surface area contributed by atoms with Crippen molar-refractivity contribution in [3.05, 3.63) is 49.6 Å². The molecule has 1 amide bonds. The second-order valence-corrected chi connectivity index (χ2v) is 6.89. The standard InChI is InChI=1S/C18H21ClN4O4/c1-3-4-7-23-15(20)14(16(24)21-18(23)26)22(2)17(25)13-9-10-8-11(19)5-6-12(10)27-13/h5-6,8,13H,3-4,7,9,20H2,1-2H3,(H,21,24,26)/t13-/m0/s1. The van der Waals surface area contributed by atoms with Crippen LogP contribution in [-0.4, -0.2) is 28.6 Å². The van der Waals surface area contributed by atoms with Crippen LogP contribution < -0.4 is 26.6 Å². The first-order valence-corrected chi connectivity index (χ1v) is 9.06. The zero-order valence-electron chi connectivity index (χ0n) is 15.1. The number of carbonyl (C=O) groups is 1. The predicted molar refractivity (Wildman–Crippen MR) is 104 cm³/mol. The van der Waals surface area contributed by atoms with Gasteiger partial charge in [0.2, 0.25) is 0 Å². The van der Waals surface area contributed by atoms with Gasteiger partial charge in [-0.1, -0.05) is 24.9 Å². The molecule has 8 nitrogen and oxygen atoms in total. The van der Waals surface area contributed by atoms with Crippen molar-refractivity contribution in [1.82, 2.24) is 9.55 Å². The average molecular weight is 393 g/mol. The molecule has 1 aromatic carbocycles. The van der Waals surface area contributed by atoms with E-state index in [4.69, 9.17) is 22.1 Å². The molecule has 3 rings (SSSR count). The van der Waals surface area contributed by atoms with Crippen molar-refractivity contribution in [2.45, 2.75) is 38.8 Å². The summed E-state index contributed by atoms with van der Waals surface area (Å²) in [6.45, 7) is 2.33. The molecule has 1 atom stereocenters. The van der Waals surface area contributed by atoms with E-state index in [2.05, 4.69) is 4.98 Å². The zero-order chi connectivity index (χ0) is 19.7. The molecule has 0 unspecified atom stereocenters. The number of likely N-dealkylation sites (N-methyl/N-ethyl adjacent to an activating group) is 1. The van der Waals surface area contributed by atoms with Gasteiger partial charge in [0.1, 0.15) is 11.6 Å². The van der Waals surface area contributed by atoms with Crippen molar-refractivity contribution in [1.29, 1.82) is 0 Å². The Morgan fingerprint density at radius 3 is 2.89 bits per heavy atom. The average Bonchev–Trinajstić information content (AvgIpc) is 3.03. The Morgan fingerprint density at radius 1 is 1.44 bits per heavy atom. The molecule has 27 heavy (non-hydrogen) atoms. The Bertz CT molecular complexity index is 998. The van der Waals surface area contributed by atoms with E-state index in [0.717, 1.165) is 23.3 Å². The molecule has 9 heteroatoms. The number of unbranched alkanes of at least 4 members (excludes halogenated alkanes) is 1. The van der Waals surface area contributed by atoms with Gasteiger partial charge in [-0.25, -0.2) is 4.79 Å². The number of fused-ring (bicyclic) bond motifs is 1. The van der Waals surface area contributed by atoms with Crippen LogP contribution in [0.15, 0.2) is 27.8 Å². The maximum atomic E-state index is 12.9. The number of amides is 1. The number of nitrogens with one attached hydrogen (secondary N) is 1. The molecule has 0 radical (unpaired) electrons. The second-order valence-electron chi connectivity index (χ2n) is 6.46. The number of nitrogens with zero attached hydrogens (tertiary/aromatic N) is 2. The summed E-state index contributed by atoms with van der Waals surface area (Å²) in [5.74, 6) is 0.118. The lowest BCUT2D eigenvalue weighted by Gasteiger charge is -2.22. The number of nitrogens with two attached hydrogens (primary N) is 1. The Hall–Kier alpha value is -2.74. The van der Waals surface area contributed by atoms with Crippen LogP contribution in [-0.2, 0) is 17.8 Å². The highest BCUT2D eigenvalue weighted by Crippen LogP contribution is 2.32. The monoisotopic (exact) mass is 392 g/mol. The van der Waals surface area contributed by atoms with E-state index in [0.29, 0.717) is 23.7 Å². The van der Waals surface area contributed by atoms with Gasteiger partial charge in [0.05, 0.1) is 0 Å². The molecule has 3 N–H and O–H groups in total. The molecule has 0 saturated heterocycles. The van der Waals surface area contributed by atoms with Gasteiger partial charge >= 0.3 is 5.69 Å². The number of H-pyrrole nitrogens is 1. The molecule has 2 aromatic rings. The van der Waals surface area contributed by atoms with Crippen molar-refractivity contribution in [3.8, 4) is 5.75 Å². The van der Waals surface area contributed by atoms with Gasteiger partial charge in [-0.3, -0.25) is 19.1 Å². The van der Waals surface area contributed by atoms with Crippen LogP contribution in [0.25, 0.3) is 0 Å². The lowest BCUT2D eigenvalue weighted by molar-refractivity contribution is -0.124. The van der Waals surface area contributed by atoms with E-state index < -0.39 is 23.3 Å². The summed E-state index contributed by atoms with van der Waals surface area (Å²) >= 11 is 5.98. The lowest BCUT2D eigenvalue weighted by atomic mass is 10.1. The summed E-state index contributed by atoms with van der Waals surface area (Å²) < 4.78 is 6.97. The van der Waals surface area contributed by atoms with Gasteiger partial charge in [0.15, 0.2) is 11.8 Å². The van der Waals surface area contributed by atoms with Gasteiger partial charge in [0.25, 0.3) is 11.5 Å². The van der Waals surface area contributed by atoms with Crippen molar-refractivity contribution >= 4 is 29.0 Å². The number of ether oxygens (including phenoxy) is 1. The number of aromatic nitrogens is 2. The van der Waals surface area contributed by atoms with E-state index >= 15 is 0 Å². The van der Waals surface area contributed by atoms with Crippen LogP contribution in [0.3, 0.4) is 0 Å². The number of hydrogen-bond donors (Lipinski definition) is 2. The fourth-order valence-electron chi connectivity index (χ4n) is 3.12. The molecule has 0 fully saturated rings. The molecule has 0 saturated carbocycles. The number of nitrogen functional groups attached to an aromatic ring is 1. The highest BCUT2D eigenvalue weighted by atomic mass is 35.5. The van der Waals surface area contributed by atoms with Crippen LogP contribution in [0.2, 0.25) is 5.02 Å². The third-order valence-corrected chi connectivity index (χ3v) is 4.82. The van der Waals surface area contributed by atoms with Crippen LogP contribution >= 0.6 is 11.6 Å². The molecule has 2 heterocycles. The maximum Gasteiger partial charge on any atom is 0.330 e. The first-order valence-electron chi connectivity index (χ1n) is 8.68. The van der Waals surface area contributed by atoms with Crippen LogP contribution in [0.4, 0.5) is 11.5 Å². The third-order valence-electron chi connectivity index (χ3n) is 4.59. The molecule has 1 aliphatic rings. The third kappa shape index (κ3) is 3.57. The summed E-state index contributed by atoms with van der Waals surface area (Å²) in [7, 11) is 1.44. The number of hydrogen-bond acceptors (Lipinski definition) is 5. The van der Waals surface area contributed by atoms with Crippen LogP contribution in [0, 0.1) is 0 Å². The summed E-state index contributed by atoms with van der Waals surface area (Å²) in [5, 5.41) is 0.558. The SMILES string of the molecule is CCCCn1c(N)c(N(C)C(=O)[C@@H]2Cc3cc(Cl)ccc3O2)c(=O)[nH]c1=O. The van der Waals surface area contributed by atoms with E-state index in [1.54, 1.807) is 18.2 Å². The number of carbonyl (C=O) groups excluding carboxylic acids is 1. The number of anilines is 2. The fraction of sp³-hybridized carbons (Fsp3) is 0.389. The smallest absolute Gasteiger partial charge is 0.330 e. The van der Waals surface area contributed by atoms with Crippen molar-refractivity contribution < 1.29 is 9.53 Å². The Kier molecular flexibility index (Phi) is 5.27. The molecule has 1 aromatic heterocycles. The van der Waals surface area contributed by atoms with Gasteiger partial charge < -0.3 is 15.4 Å². The second kappa shape index (κ2) is 7.48. The highest BCUT2D eigenvalue weighted by Gasteiger charge is 2.33. The largest absolute Gasteiger partial charge is 0.480 e. The van der Waals surface area contributed by atoms with E-state index in [-0.39, 0.29) is 11.5 Å². The number of rotatable bonds is 5. The van der Waals surface area contributed by atoms with Crippen LogP contribution in [0.5, 0.6) is 5.75 Å². The van der Waals surface area contributed by atoms with Crippen molar-refractivity contribution in [2.24, 2.45) is 0 Å². The highest BCUT2D eigenvalue weighted by molar-refractivity contribution is 6.30. The molecule has 0 bridgehead atoms. The minimum Gasteiger partial charge on any atom is -0.480 e. The minimum absolute atomic E-state index is 0.0356. The topological polar surface area (TPSA) is 110 Å². The lowest BCUT2D eigenvalue weighted by Crippen LogP contribution is -2.44. The Balaban J connectivity index is 1.90. The molecule has 0 aliphatic carbocycles. The number of aromatic amines is 1. The molecular weight excluding hydrogens is 372 g/mol. The summed E-state index contributed by atoms with van der Waals surface area (Å²) in [6, 6.07) is 5.14. The van der Waals surface area contributed by atoms with Crippen molar-refractivity contribution in [3.63, 3.8) is 0 Å². The fourth-order valence-corrected chi connectivity index (χ4v) is 3.32. The quantitative estimate of drug-likeness (QED) is 0.801. The van der Waals surface area contributed by atoms with E-state index in [9.17, 15) is 14.4 Å². The maximum absolute atomic E-state index is 12.9. The molecular formula is C18H21ClN4O4. The minimum atomic E-state index is -0.793. The predicted octanol–water partition coefficient (Wildman–Crippen LogP) is 1.54. The van der Waals surface area contributed by atoms with E-state index in [1.807, 2.05) is 6.92 Å². The number of benzene rings is 1. The van der Waals surface area contributed by atoms with Gasteiger partial charge in [-0.15, -0.1) is 0 Å². The number of halogens is 1. The van der Waals surface area contributed by atoms with E-state index in [1.165, 1.54) is 11.6 Å². The first kappa shape index (κ1) is 19.0. The van der Waals surface area contributed by atoms with Gasteiger partial charge in [-0.05, 0) is 30.2 Å². The normalized spacial score (nSPS) is 15.3. The van der Waals surface area contributed by atoms with Crippen molar-refractivity contribution in [2.75, 3.05) is 17.7 Å². The zero-order valence-corrected chi connectivity index (χ0v) is 15.9. The summed E-state index contributed by atoms with van der Waals surface area (Å²) in [6.07, 6.45) is 1.12. The van der Waals surface area contributed by atoms with Gasteiger partial charge in [-0.2, -0.15) is 0 Å². The molecule has 144 valence electrons. The van der Waals surface area contributed by atoms with Gasteiger partial charge in [0, 0.05) is 25.0 Å². The Morgan fingerprint density at radius 2 is 2.19 bits per heavy atom.